The molecule has 2 aromatic rings. The minimum Gasteiger partial charge on any atom is -0.379 e. The standard InChI is InChI=1S/C19H29N5O/c1-15-16(2)22-17-6-9-21-24(17)18(15)20-14-19(7-4-3-5-8-19)23-10-12-25-13-11-23/h6,9,20H,3-5,7-8,10-14H2,1-2H3. The summed E-state index contributed by atoms with van der Waals surface area (Å²) < 4.78 is 7.54. The summed E-state index contributed by atoms with van der Waals surface area (Å²) in [6.07, 6.45) is 8.37. The molecule has 1 saturated carbocycles. The van der Waals surface area contributed by atoms with E-state index in [-0.39, 0.29) is 5.54 Å². The summed E-state index contributed by atoms with van der Waals surface area (Å²) in [6.45, 7) is 8.99. The van der Waals surface area contributed by atoms with Crippen LogP contribution in [0.2, 0.25) is 0 Å². The van der Waals surface area contributed by atoms with Crippen molar-refractivity contribution in [2.24, 2.45) is 0 Å². The van der Waals surface area contributed by atoms with Crippen LogP contribution in [0.15, 0.2) is 12.3 Å². The van der Waals surface area contributed by atoms with Gasteiger partial charge in [-0.2, -0.15) is 9.61 Å². The molecule has 3 heterocycles. The predicted molar refractivity (Wildman–Crippen MR) is 99.2 cm³/mol. The molecule has 4 rings (SSSR count). The Kier molecular flexibility index (Phi) is 4.65. The third-order valence-corrected chi connectivity index (χ3v) is 6.07. The van der Waals surface area contributed by atoms with Crippen molar-refractivity contribution in [1.82, 2.24) is 19.5 Å². The van der Waals surface area contributed by atoms with Crippen LogP contribution in [0, 0.1) is 13.8 Å². The average molecular weight is 343 g/mol. The molecule has 136 valence electrons. The van der Waals surface area contributed by atoms with Crippen molar-refractivity contribution in [3.05, 3.63) is 23.5 Å². The van der Waals surface area contributed by atoms with E-state index in [4.69, 9.17) is 4.74 Å². The van der Waals surface area contributed by atoms with E-state index in [1.807, 2.05) is 16.8 Å². The molecule has 6 nitrogen and oxygen atoms in total. The van der Waals surface area contributed by atoms with Crippen molar-refractivity contribution in [2.75, 3.05) is 38.2 Å². The molecule has 25 heavy (non-hydrogen) atoms. The van der Waals surface area contributed by atoms with E-state index < -0.39 is 0 Å². The number of ether oxygens (including phenoxy) is 1. The Bertz CT molecular complexity index is 729. The van der Waals surface area contributed by atoms with Gasteiger partial charge in [-0.15, -0.1) is 0 Å². The van der Waals surface area contributed by atoms with Gasteiger partial charge in [0.1, 0.15) is 5.82 Å². The molecule has 1 aliphatic carbocycles. The second-order valence-electron chi connectivity index (χ2n) is 7.51. The normalized spacial score (nSPS) is 21.5. The topological polar surface area (TPSA) is 54.7 Å². The first-order valence-corrected chi connectivity index (χ1v) is 9.57. The maximum atomic E-state index is 5.60. The van der Waals surface area contributed by atoms with Crippen LogP contribution in [0.25, 0.3) is 5.65 Å². The van der Waals surface area contributed by atoms with Crippen LogP contribution < -0.4 is 5.32 Å². The zero-order valence-corrected chi connectivity index (χ0v) is 15.4. The van der Waals surface area contributed by atoms with Crippen molar-refractivity contribution in [3.63, 3.8) is 0 Å². The number of hydrogen-bond acceptors (Lipinski definition) is 5. The molecule has 1 N–H and O–H groups in total. The molecule has 0 radical (unpaired) electrons. The Morgan fingerprint density at radius 2 is 1.92 bits per heavy atom. The minimum atomic E-state index is 0.241. The lowest BCUT2D eigenvalue weighted by molar-refractivity contribution is -0.0319. The molecule has 2 fully saturated rings. The van der Waals surface area contributed by atoms with Crippen molar-refractivity contribution >= 4 is 11.5 Å². The first-order chi connectivity index (χ1) is 12.2. The van der Waals surface area contributed by atoms with Gasteiger partial charge in [-0.05, 0) is 26.7 Å². The number of morpholine rings is 1. The van der Waals surface area contributed by atoms with Gasteiger partial charge in [-0.3, -0.25) is 4.90 Å². The maximum absolute atomic E-state index is 5.60. The summed E-state index contributed by atoms with van der Waals surface area (Å²) in [7, 11) is 0. The first kappa shape index (κ1) is 16.8. The Labute approximate surface area is 149 Å². The summed E-state index contributed by atoms with van der Waals surface area (Å²) in [5.41, 5.74) is 3.41. The maximum Gasteiger partial charge on any atom is 0.157 e. The number of hydrogen-bond donors (Lipinski definition) is 1. The van der Waals surface area contributed by atoms with Crippen LogP contribution in [0.3, 0.4) is 0 Å². The second-order valence-corrected chi connectivity index (χ2v) is 7.51. The fourth-order valence-electron chi connectivity index (χ4n) is 4.45. The van der Waals surface area contributed by atoms with Gasteiger partial charge in [-0.1, -0.05) is 19.3 Å². The SMILES string of the molecule is Cc1nc2ccnn2c(NCC2(N3CCOCC3)CCCCC2)c1C. The predicted octanol–water partition coefficient (Wildman–Crippen LogP) is 2.79. The Hall–Kier alpha value is -1.66. The summed E-state index contributed by atoms with van der Waals surface area (Å²) >= 11 is 0. The zero-order chi connectivity index (χ0) is 17.3. The van der Waals surface area contributed by atoms with Gasteiger partial charge in [0.15, 0.2) is 5.65 Å². The van der Waals surface area contributed by atoms with Crippen LogP contribution in [-0.2, 0) is 4.74 Å². The molecule has 0 aromatic carbocycles. The molecule has 0 unspecified atom stereocenters. The second kappa shape index (κ2) is 6.92. The van der Waals surface area contributed by atoms with E-state index in [1.165, 1.54) is 37.7 Å². The smallest absolute Gasteiger partial charge is 0.157 e. The molecule has 0 amide bonds. The van der Waals surface area contributed by atoms with Crippen LogP contribution in [0.1, 0.15) is 43.4 Å². The molecule has 2 aromatic heterocycles. The van der Waals surface area contributed by atoms with Crippen molar-refractivity contribution in [3.8, 4) is 0 Å². The lowest BCUT2D eigenvalue weighted by Crippen LogP contribution is -2.58. The van der Waals surface area contributed by atoms with Crippen LogP contribution in [0.5, 0.6) is 0 Å². The van der Waals surface area contributed by atoms with Crippen molar-refractivity contribution in [2.45, 2.75) is 51.5 Å². The molecule has 1 aliphatic heterocycles. The highest BCUT2D eigenvalue weighted by molar-refractivity contribution is 5.54. The van der Waals surface area contributed by atoms with Crippen LogP contribution >= 0.6 is 0 Å². The Morgan fingerprint density at radius 1 is 1.16 bits per heavy atom. The molecule has 0 bridgehead atoms. The molecule has 0 spiro atoms. The lowest BCUT2D eigenvalue weighted by Gasteiger charge is -2.48. The van der Waals surface area contributed by atoms with Crippen molar-refractivity contribution < 1.29 is 4.74 Å². The third-order valence-electron chi connectivity index (χ3n) is 6.07. The fraction of sp³-hybridized carbons (Fsp3) is 0.684. The van der Waals surface area contributed by atoms with Gasteiger partial charge >= 0.3 is 0 Å². The number of aryl methyl sites for hydroxylation is 1. The molecule has 2 aliphatic rings. The summed E-state index contributed by atoms with van der Waals surface area (Å²) in [6, 6.07) is 1.97. The fourth-order valence-corrected chi connectivity index (χ4v) is 4.45. The molecular weight excluding hydrogens is 314 g/mol. The highest BCUT2D eigenvalue weighted by atomic mass is 16.5. The monoisotopic (exact) mass is 343 g/mol. The van der Waals surface area contributed by atoms with Gasteiger partial charge in [-0.25, -0.2) is 4.98 Å². The van der Waals surface area contributed by atoms with E-state index in [1.54, 1.807) is 0 Å². The Morgan fingerprint density at radius 3 is 2.68 bits per heavy atom. The molecule has 1 saturated heterocycles. The van der Waals surface area contributed by atoms with Crippen molar-refractivity contribution in [1.29, 1.82) is 0 Å². The van der Waals surface area contributed by atoms with Crippen LogP contribution in [-0.4, -0.2) is 57.9 Å². The average Bonchev–Trinajstić information content (AvgIpc) is 3.11. The number of nitrogens with zero attached hydrogens (tertiary/aromatic N) is 4. The summed E-state index contributed by atoms with van der Waals surface area (Å²) in [4.78, 5) is 7.30. The summed E-state index contributed by atoms with van der Waals surface area (Å²) in [5.74, 6) is 1.09. The van der Waals surface area contributed by atoms with E-state index in [0.717, 1.165) is 50.0 Å². The minimum absolute atomic E-state index is 0.241. The van der Waals surface area contributed by atoms with Crippen LogP contribution in [0.4, 0.5) is 5.82 Å². The Balaban J connectivity index is 1.61. The van der Waals surface area contributed by atoms with Gasteiger partial charge in [0.2, 0.25) is 0 Å². The van der Waals surface area contributed by atoms with Gasteiger partial charge in [0.05, 0.1) is 19.4 Å². The van der Waals surface area contributed by atoms with Gasteiger partial charge in [0, 0.05) is 42.5 Å². The van der Waals surface area contributed by atoms with E-state index in [9.17, 15) is 0 Å². The number of aromatic nitrogens is 3. The van der Waals surface area contributed by atoms with E-state index >= 15 is 0 Å². The van der Waals surface area contributed by atoms with Gasteiger partial charge in [0.25, 0.3) is 0 Å². The molecule has 6 heteroatoms. The number of fused-ring (bicyclic) bond motifs is 1. The van der Waals surface area contributed by atoms with Gasteiger partial charge < -0.3 is 10.1 Å². The molecule has 0 atom stereocenters. The highest BCUT2D eigenvalue weighted by Crippen LogP contribution is 2.35. The highest BCUT2D eigenvalue weighted by Gasteiger charge is 2.38. The third kappa shape index (κ3) is 3.13. The zero-order valence-electron chi connectivity index (χ0n) is 15.4. The quantitative estimate of drug-likeness (QED) is 0.925. The largest absolute Gasteiger partial charge is 0.379 e. The first-order valence-electron chi connectivity index (χ1n) is 9.57. The van der Waals surface area contributed by atoms with E-state index in [2.05, 4.69) is 34.1 Å². The molecular formula is C19H29N5O. The number of rotatable bonds is 4. The lowest BCUT2D eigenvalue weighted by atomic mass is 9.79. The van der Waals surface area contributed by atoms with E-state index in [0.29, 0.717) is 0 Å². The number of nitrogens with one attached hydrogen (secondary N) is 1. The summed E-state index contributed by atoms with van der Waals surface area (Å²) in [5, 5.41) is 8.25. The number of anilines is 1.